The van der Waals surface area contributed by atoms with Crippen molar-refractivity contribution < 1.29 is 9.59 Å². The molecule has 0 radical (unpaired) electrons. The van der Waals surface area contributed by atoms with E-state index in [9.17, 15) is 9.59 Å². The van der Waals surface area contributed by atoms with E-state index in [4.69, 9.17) is 4.98 Å². The third-order valence-corrected chi connectivity index (χ3v) is 6.34. The molecule has 5 rings (SSSR count). The molecule has 1 aromatic heterocycles. The number of hydrogen-bond donors (Lipinski definition) is 1. The van der Waals surface area contributed by atoms with E-state index in [2.05, 4.69) is 22.0 Å². The van der Waals surface area contributed by atoms with Crippen LogP contribution in [0, 0.1) is 0 Å². The Morgan fingerprint density at radius 2 is 1.79 bits per heavy atom. The van der Waals surface area contributed by atoms with Crippen LogP contribution in [0.3, 0.4) is 0 Å². The van der Waals surface area contributed by atoms with Crippen molar-refractivity contribution in [3.8, 4) is 11.4 Å². The predicted molar refractivity (Wildman–Crippen MR) is 110 cm³/mol. The summed E-state index contributed by atoms with van der Waals surface area (Å²) in [4.78, 5) is 32.9. The second kappa shape index (κ2) is 7.65. The van der Waals surface area contributed by atoms with Crippen molar-refractivity contribution in [2.75, 3.05) is 6.54 Å². The largest absolute Gasteiger partial charge is 0.352 e. The molecule has 6 nitrogen and oxygen atoms in total. The quantitative estimate of drug-likeness (QED) is 0.869. The highest BCUT2D eigenvalue weighted by molar-refractivity contribution is 5.98. The molecule has 3 aliphatic rings. The lowest BCUT2D eigenvalue weighted by Crippen LogP contribution is -2.46. The van der Waals surface area contributed by atoms with Crippen LogP contribution < -0.4 is 5.32 Å². The Labute approximate surface area is 171 Å². The summed E-state index contributed by atoms with van der Waals surface area (Å²) in [5, 5.41) is 3.08. The average molecular weight is 393 g/mol. The first kappa shape index (κ1) is 18.4. The zero-order valence-electron chi connectivity index (χ0n) is 16.8. The minimum absolute atomic E-state index is 0.00642. The van der Waals surface area contributed by atoms with Gasteiger partial charge in [-0.05, 0) is 44.9 Å². The van der Waals surface area contributed by atoms with Crippen molar-refractivity contribution in [1.82, 2.24) is 19.8 Å². The van der Waals surface area contributed by atoms with Crippen molar-refractivity contribution in [2.45, 2.75) is 70.0 Å². The highest BCUT2D eigenvalue weighted by atomic mass is 16.2. The van der Waals surface area contributed by atoms with Gasteiger partial charge in [0, 0.05) is 24.7 Å². The lowest BCUT2D eigenvalue weighted by molar-refractivity contribution is -0.125. The molecule has 2 amide bonds. The van der Waals surface area contributed by atoms with Crippen molar-refractivity contribution in [2.24, 2.45) is 0 Å². The first-order valence-corrected chi connectivity index (χ1v) is 11.0. The third-order valence-electron chi connectivity index (χ3n) is 6.34. The molecular formula is C23H28N4O2. The van der Waals surface area contributed by atoms with E-state index in [1.54, 1.807) is 4.90 Å². The van der Waals surface area contributed by atoms with Crippen LogP contribution in [0.4, 0.5) is 0 Å². The zero-order valence-corrected chi connectivity index (χ0v) is 16.8. The van der Waals surface area contributed by atoms with Gasteiger partial charge in [-0.1, -0.05) is 36.8 Å². The molecule has 1 saturated carbocycles. The molecule has 1 aliphatic carbocycles. The number of benzene rings is 1. The van der Waals surface area contributed by atoms with Crippen LogP contribution in [0.5, 0.6) is 0 Å². The van der Waals surface area contributed by atoms with Gasteiger partial charge in [-0.2, -0.15) is 0 Å². The fraction of sp³-hybridized carbons (Fsp3) is 0.522. The van der Waals surface area contributed by atoms with E-state index in [0.29, 0.717) is 18.3 Å². The second-order valence-electron chi connectivity index (χ2n) is 8.50. The molecule has 2 aliphatic heterocycles. The van der Waals surface area contributed by atoms with E-state index < -0.39 is 0 Å². The molecule has 1 atom stereocenters. The van der Waals surface area contributed by atoms with E-state index in [0.717, 1.165) is 68.6 Å². The lowest BCUT2D eigenvalue weighted by Gasteiger charge is -2.23. The number of carbonyl (C=O) groups excluding carboxylic acids is 2. The summed E-state index contributed by atoms with van der Waals surface area (Å²) in [7, 11) is 0. The number of amides is 2. The molecule has 152 valence electrons. The van der Waals surface area contributed by atoms with Gasteiger partial charge in [-0.15, -0.1) is 0 Å². The maximum atomic E-state index is 13.6. The van der Waals surface area contributed by atoms with Gasteiger partial charge >= 0.3 is 0 Å². The van der Waals surface area contributed by atoms with Crippen LogP contribution in [0.15, 0.2) is 30.3 Å². The third kappa shape index (κ3) is 3.56. The van der Waals surface area contributed by atoms with Crippen LogP contribution in [0.2, 0.25) is 0 Å². The molecule has 29 heavy (non-hydrogen) atoms. The van der Waals surface area contributed by atoms with Crippen LogP contribution in [0.25, 0.3) is 11.4 Å². The fourth-order valence-corrected chi connectivity index (χ4v) is 4.64. The number of imidazole rings is 1. The predicted octanol–water partition coefficient (Wildman–Crippen LogP) is 3.16. The Balaban J connectivity index is 1.49. The van der Waals surface area contributed by atoms with Gasteiger partial charge in [0.2, 0.25) is 5.91 Å². The van der Waals surface area contributed by atoms with Gasteiger partial charge in [0.05, 0.1) is 5.69 Å². The van der Waals surface area contributed by atoms with Crippen LogP contribution in [-0.2, 0) is 17.8 Å². The van der Waals surface area contributed by atoms with Gasteiger partial charge in [0.15, 0.2) is 0 Å². The molecule has 0 spiro atoms. The van der Waals surface area contributed by atoms with Gasteiger partial charge in [-0.25, -0.2) is 4.98 Å². The Morgan fingerprint density at radius 1 is 0.966 bits per heavy atom. The van der Waals surface area contributed by atoms with E-state index in [-0.39, 0.29) is 17.9 Å². The zero-order chi connectivity index (χ0) is 19.8. The molecule has 1 unspecified atom stereocenters. The van der Waals surface area contributed by atoms with Gasteiger partial charge in [0.1, 0.15) is 17.6 Å². The number of aromatic nitrogens is 2. The number of likely N-dealkylation sites (tertiary alicyclic amines) is 1. The molecule has 3 heterocycles. The van der Waals surface area contributed by atoms with E-state index in [1.807, 2.05) is 18.2 Å². The molecule has 1 N–H and O–H groups in total. The minimum Gasteiger partial charge on any atom is -0.352 e. The summed E-state index contributed by atoms with van der Waals surface area (Å²) in [6.07, 6.45) is 7.94. The molecule has 1 saturated heterocycles. The van der Waals surface area contributed by atoms with Crippen LogP contribution in [0.1, 0.15) is 61.1 Å². The smallest absolute Gasteiger partial charge is 0.275 e. The van der Waals surface area contributed by atoms with Crippen molar-refractivity contribution in [1.29, 1.82) is 0 Å². The van der Waals surface area contributed by atoms with Crippen LogP contribution >= 0.6 is 0 Å². The molecule has 2 aromatic rings. The van der Waals surface area contributed by atoms with Gasteiger partial charge < -0.3 is 14.8 Å². The summed E-state index contributed by atoms with van der Waals surface area (Å²) in [6.45, 7) is 1.53. The van der Waals surface area contributed by atoms with Crippen molar-refractivity contribution >= 4 is 11.8 Å². The SMILES string of the molecule is O=C(NC1CC1)C1CCCN1C(=O)c1nc(-c2ccccc2)n2c1CCCCC2. The number of carbonyl (C=O) groups is 2. The normalized spacial score (nSPS) is 21.5. The Hall–Kier alpha value is -2.63. The van der Waals surface area contributed by atoms with E-state index >= 15 is 0 Å². The summed E-state index contributed by atoms with van der Waals surface area (Å²) >= 11 is 0. The molecule has 2 fully saturated rings. The molecule has 6 heteroatoms. The number of nitrogens with zero attached hydrogens (tertiary/aromatic N) is 3. The van der Waals surface area contributed by atoms with Crippen LogP contribution in [-0.4, -0.2) is 44.9 Å². The van der Waals surface area contributed by atoms with Crippen molar-refractivity contribution in [3.05, 3.63) is 41.7 Å². The lowest BCUT2D eigenvalue weighted by atomic mass is 10.1. The van der Waals surface area contributed by atoms with Gasteiger partial charge in [-0.3, -0.25) is 9.59 Å². The average Bonchev–Trinajstić information content (AvgIpc) is 3.37. The second-order valence-corrected chi connectivity index (χ2v) is 8.50. The fourth-order valence-electron chi connectivity index (χ4n) is 4.64. The number of rotatable bonds is 4. The maximum Gasteiger partial charge on any atom is 0.275 e. The van der Waals surface area contributed by atoms with E-state index in [1.165, 1.54) is 6.42 Å². The monoisotopic (exact) mass is 392 g/mol. The highest BCUT2D eigenvalue weighted by Crippen LogP contribution is 2.30. The van der Waals surface area contributed by atoms with Crippen molar-refractivity contribution in [3.63, 3.8) is 0 Å². The molecule has 1 aromatic carbocycles. The van der Waals surface area contributed by atoms with Gasteiger partial charge in [0.25, 0.3) is 5.91 Å². The first-order chi connectivity index (χ1) is 14.2. The Kier molecular flexibility index (Phi) is 4.86. The summed E-state index contributed by atoms with van der Waals surface area (Å²) in [5.74, 6) is 0.808. The summed E-state index contributed by atoms with van der Waals surface area (Å²) in [5.41, 5.74) is 2.63. The topological polar surface area (TPSA) is 67.2 Å². The Bertz CT molecular complexity index is 916. The molecule has 0 bridgehead atoms. The number of hydrogen-bond acceptors (Lipinski definition) is 3. The summed E-state index contributed by atoms with van der Waals surface area (Å²) in [6, 6.07) is 10.1. The number of nitrogens with one attached hydrogen (secondary N) is 1. The minimum atomic E-state index is -0.355. The standard InChI is InChI=1S/C23H28N4O2/c28-22(24-17-12-13-17)19-11-7-15-27(19)23(29)20-18-10-5-2-6-14-26(18)21(25-20)16-8-3-1-4-9-16/h1,3-4,8-9,17,19H,2,5-7,10-15H2,(H,24,28). The summed E-state index contributed by atoms with van der Waals surface area (Å²) < 4.78 is 2.24. The maximum absolute atomic E-state index is 13.6. The molecular weight excluding hydrogens is 364 g/mol. The Morgan fingerprint density at radius 3 is 2.59 bits per heavy atom. The number of fused-ring (bicyclic) bond motifs is 1. The first-order valence-electron chi connectivity index (χ1n) is 11.0. The highest BCUT2D eigenvalue weighted by Gasteiger charge is 2.38.